The van der Waals surface area contributed by atoms with E-state index in [1.807, 2.05) is 0 Å². The SMILES string of the molecule is CCC1CN(S(=O)(=O)N2CCC(CCl)CC2)CCN1C. The Morgan fingerprint density at radius 2 is 1.75 bits per heavy atom. The van der Waals surface area contributed by atoms with Crippen molar-refractivity contribution in [1.29, 1.82) is 0 Å². The van der Waals surface area contributed by atoms with E-state index in [0.717, 1.165) is 25.8 Å². The molecule has 118 valence electrons. The van der Waals surface area contributed by atoms with Gasteiger partial charge in [0.05, 0.1) is 0 Å². The van der Waals surface area contributed by atoms with Crippen LogP contribution < -0.4 is 0 Å². The predicted molar refractivity (Wildman–Crippen MR) is 82.2 cm³/mol. The molecular weight excluding hydrogens is 298 g/mol. The zero-order valence-electron chi connectivity index (χ0n) is 12.5. The third-order valence-electron chi connectivity index (χ3n) is 4.66. The molecule has 20 heavy (non-hydrogen) atoms. The molecule has 2 rings (SSSR count). The van der Waals surface area contributed by atoms with Crippen molar-refractivity contribution < 1.29 is 8.42 Å². The first-order valence-electron chi connectivity index (χ1n) is 7.50. The van der Waals surface area contributed by atoms with Crippen LogP contribution in [0.4, 0.5) is 0 Å². The third-order valence-corrected chi connectivity index (χ3v) is 7.09. The number of alkyl halides is 1. The molecule has 2 aliphatic heterocycles. The molecule has 0 aromatic heterocycles. The zero-order valence-corrected chi connectivity index (χ0v) is 14.0. The normalized spacial score (nSPS) is 28.9. The quantitative estimate of drug-likeness (QED) is 0.730. The molecule has 0 aromatic rings. The van der Waals surface area contributed by atoms with Gasteiger partial charge < -0.3 is 4.90 Å². The number of hydrogen-bond donors (Lipinski definition) is 0. The van der Waals surface area contributed by atoms with E-state index < -0.39 is 10.2 Å². The van der Waals surface area contributed by atoms with Crippen molar-refractivity contribution in [3.05, 3.63) is 0 Å². The second-order valence-corrected chi connectivity index (χ2v) is 8.14. The lowest BCUT2D eigenvalue weighted by atomic mass is 10.0. The number of likely N-dealkylation sites (N-methyl/N-ethyl adjacent to an activating group) is 1. The number of piperidine rings is 1. The van der Waals surface area contributed by atoms with Crippen LogP contribution in [0.5, 0.6) is 0 Å². The van der Waals surface area contributed by atoms with Gasteiger partial charge in [0.25, 0.3) is 10.2 Å². The third kappa shape index (κ3) is 3.47. The fourth-order valence-corrected chi connectivity index (χ4v) is 5.01. The Hall–Kier alpha value is 0.120. The average molecular weight is 324 g/mol. The lowest BCUT2D eigenvalue weighted by molar-refractivity contribution is 0.136. The molecule has 0 radical (unpaired) electrons. The summed E-state index contributed by atoms with van der Waals surface area (Å²) in [5.41, 5.74) is 0. The monoisotopic (exact) mass is 323 g/mol. The van der Waals surface area contributed by atoms with Gasteiger partial charge in [-0.05, 0) is 32.2 Å². The van der Waals surface area contributed by atoms with E-state index in [4.69, 9.17) is 11.6 Å². The maximum Gasteiger partial charge on any atom is 0.282 e. The molecule has 0 bridgehead atoms. The smallest absolute Gasteiger partial charge is 0.282 e. The number of hydrogen-bond acceptors (Lipinski definition) is 3. The van der Waals surface area contributed by atoms with E-state index in [-0.39, 0.29) is 0 Å². The van der Waals surface area contributed by atoms with Crippen LogP contribution >= 0.6 is 11.6 Å². The summed E-state index contributed by atoms with van der Waals surface area (Å²) in [7, 11) is -1.21. The number of halogens is 1. The van der Waals surface area contributed by atoms with E-state index in [1.165, 1.54) is 0 Å². The fourth-order valence-electron chi connectivity index (χ4n) is 3.03. The lowest BCUT2D eigenvalue weighted by Crippen LogP contribution is -2.57. The van der Waals surface area contributed by atoms with Gasteiger partial charge >= 0.3 is 0 Å². The van der Waals surface area contributed by atoms with Crippen LogP contribution in [0.15, 0.2) is 0 Å². The van der Waals surface area contributed by atoms with E-state index >= 15 is 0 Å². The van der Waals surface area contributed by atoms with Gasteiger partial charge in [0.15, 0.2) is 0 Å². The largest absolute Gasteiger partial charge is 0.301 e. The highest BCUT2D eigenvalue weighted by atomic mass is 35.5. The second kappa shape index (κ2) is 6.92. The van der Waals surface area contributed by atoms with Gasteiger partial charge in [-0.1, -0.05) is 6.92 Å². The minimum Gasteiger partial charge on any atom is -0.301 e. The molecule has 2 heterocycles. The summed E-state index contributed by atoms with van der Waals surface area (Å²) < 4.78 is 28.7. The Morgan fingerprint density at radius 1 is 1.10 bits per heavy atom. The number of piperazine rings is 1. The minimum atomic E-state index is -3.29. The molecule has 1 unspecified atom stereocenters. The van der Waals surface area contributed by atoms with E-state index in [9.17, 15) is 8.42 Å². The Labute approximate surface area is 128 Å². The van der Waals surface area contributed by atoms with Gasteiger partial charge in [-0.2, -0.15) is 17.0 Å². The zero-order chi connectivity index (χ0) is 14.8. The van der Waals surface area contributed by atoms with Crippen LogP contribution in [-0.4, -0.2) is 73.6 Å². The first-order valence-corrected chi connectivity index (χ1v) is 9.43. The summed E-state index contributed by atoms with van der Waals surface area (Å²) in [6, 6.07) is 0.332. The average Bonchev–Trinajstić information content (AvgIpc) is 2.47. The van der Waals surface area contributed by atoms with Gasteiger partial charge in [-0.25, -0.2) is 0 Å². The van der Waals surface area contributed by atoms with Gasteiger partial charge in [0.1, 0.15) is 0 Å². The predicted octanol–water partition coefficient (Wildman–Crippen LogP) is 1.21. The Kier molecular flexibility index (Phi) is 5.71. The molecule has 0 amide bonds. The minimum absolute atomic E-state index is 0.332. The molecule has 0 N–H and O–H groups in total. The summed E-state index contributed by atoms with van der Waals surface area (Å²) in [5.74, 6) is 1.11. The number of rotatable bonds is 4. The van der Waals surface area contributed by atoms with Gasteiger partial charge in [0.2, 0.25) is 0 Å². The number of nitrogens with zero attached hydrogens (tertiary/aromatic N) is 3. The van der Waals surface area contributed by atoms with E-state index in [1.54, 1.807) is 8.61 Å². The Morgan fingerprint density at radius 3 is 2.30 bits per heavy atom. The van der Waals surface area contributed by atoms with Crippen molar-refractivity contribution in [2.45, 2.75) is 32.2 Å². The van der Waals surface area contributed by atoms with Crippen LogP contribution in [0.3, 0.4) is 0 Å². The van der Waals surface area contributed by atoms with Crippen molar-refractivity contribution >= 4 is 21.8 Å². The van der Waals surface area contributed by atoms with Crippen molar-refractivity contribution in [1.82, 2.24) is 13.5 Å². The Bertz CT molecular complexity index is 410. The molecule has 7 heteroatoms. The van der Waals surface area contributed by atoms with E-state index in [0.29, 0.717) is 44.0 Å². The maximum atomic E-state index is 12.7. The molecule has 2 fully saturated rings. The Balaban J connectivity index is 2.00. The van der Waals surface area contributed by atoms with Crippen LogP contribution in [-0.2, 0) is 10.2 Å². The summed E-state index contributed by atoms with van der Waals surface area (Å²) in [4.78, 5) is 2.26. The molecule has 0 aromatic carbocycles. The summed E-state index contributed by atoms with van der Waals surface area (Å²) in [6.07, 6.45) is 2.75. The van der Waals surface area contributed by atoms with Crippen molar-refractivity contribution in [2.24, 2.45) is 5.92 Å². The van der Waals surface area contributed by atoms with Crippen molar-refractivity contribution in [3.8, 4) is 0 Å². The first kappa shape index (κ1) is 16.5. The van der Waals surface area contributed by atoms with Crippen molar-refractivity contribution in [2.75, 3.05) is 45.7 Å². The van der Waals surface area contributed by atoms with Crippen LogP contribution in [0.1, 0.15) is 26.2 Å². The first-order chi connectivity index (χ1) is 9.48. The highest BCUT2D eigenvalue weighted by Gasteiger charge is 2.36. The van der Waals surface area contributed by atoms with Gasteiger partial charge in [-0.15, -0.1) is 11.6 Å². The van der Waals surface area contributed by atoms with Gasteiger partial charge in [0, 0.05) is 44.6 Å². The van der Waals surface area contributed by atoms with E-state index in [2.05, 4.69) is 18.9 Å². The molecule has 2 aliphatic rings. The highest BCUT2D eigenvalue weighted by molar-refractivity contribution is 7.86. The maximum absolute atomic E-state index is 12.7. The molecule has 5 nitrogen and oxygen atoms in total. The molecule has 0 aliphatic carbocycles. The van der Waals surface area contributed by atoms with Crippen LogP contribution in [0.2, 0.25) is 0 Å². The molecule has 0 saturated carbocycles. The summed E-state index contributed by atoms with van der Waals surface area (Å²) >= 11 is 5.86. The van der Waals surface area contributed by atoms with Crippen molar-refractivity contribution in [3.63, 3.8) is 0 Å². The second-order valence-electron chi connectivity index (χ2n) is 5.91. The van der Waals surface area contributed by atoms with Gasteiger partial charge in [-0.3, -0.25) is 0 Å². The summed E-state index contributed by atoms with van der Waals surface area (Å²) in [5, 5.41) is 0. The standard InChI is InChI=1S/C13H26ClN3O2S/c1-3-13-11-17(9-8-15(13)2)20(18,19)16-6-4-12(10-14)5-7-16/h12-13H,3-11H2,1-2H3. The topological polar surface area (TPSA) is 43.9 Å². The summed E-state index contributed by atoms with van der Waals surface area (Å²) in [6.45, 7) is 5.38. The molecule has 2 saturated heterocycles. The molecule has 0 spiro atoms. The van der Waals surface area contributed by atoms with Crippen LogP contribution in [0, 0.1) is 5.92 Å². The highest BCUT2D eigenvalue weighted by Crippen LogP contribution is 2.24. The molecular formula is C13H26ClN3O2S. The fraction of sp³-hybridized carbons (Fsp3) is 1.00. The lowest BCUT2D eigenvalue weighted by Gasteiger charge is -2.41. The molecule has 1 atom stereocenters. The van der Waals surface area contributed by atoms with Crippen LogP contribution in [0.25, 0.3) is 0 Å².